The van der Waals surface area contributed by atoms with Gasteiger partial charge in [0.25, 0.3) is 0 Å². The average molecular weight is 375 g/mol. The number of aromatic nitrogens is 9. The zero-order valence-corrected chi connectivity index (χ0v) is 14.9. The van der Waals surface area contributed by atoms with Crippen LogP contribution in [-0.4, -0.2) is 51.8 Å². The van der Waals surface area contributed by atoms with Crippen LogP contribution in [0.15, 0.2) is 47.6 Å². The van der Waals surface area contributed by atoms with Crippen LogP contribution in [0.1, 0.15) is 0 Å². The zero-order chi connectivity index (χ0) is 19.1. The topological polar surface area (TPSA) is 122 Å². The van der Waals surface area contributed by atoms with E-state index < -0.39 is 0 Å². The average Bonchev–Trinajstić information content (AvgIpc) is 3.47. The molecule has 0 fully saturated rings. The molecule has 0 N–H and O–H groups in total. The largest absolute Gasteiger partial charge is 0.492 e. The lowest BCUT2D eigenvalue weighted by Crippen LogP contribution is -2.05. The third-order valence-corrected chi connectivity index (χ3v) is 4.11. The van der Waals surface area contributed by atoms with Crippen LogP contribution in [0.5, 0.6) is 5.75 Å². The van der Waals surface area contributed by atoms with Crippen LogP contribution < -0.4 is 4.74 Å². The molecule has 0 aliphatic rings. The van der Waals surface area contributed by atoms with E-state index in [1.54, 1.807) is 37.4 Å². The molecule has 0 aliphatic carbocycles. The maximum atomic E-state index is 5.70. The number of hydrogen-bond donors (Lipinski definition) is 0. The first kappa shape index (κ1) is 16.1. The minimum absolute atomic E-state index is 0.409. The number of fused-ring (bicyclic) bond motifs is 1. The monoisotopic (exact) mass is 375 g/mol. The molecule has 5 aromatic heterocycles. The highest BCUT2D eigenvalue weighted by molar-refractivity contribution is 5.86. The first-order valence-corrected chi connectivity index (χ1v) is 8.28. The summed E-state index contributed by atoms with van der Waals surface area (Å²) in [5.74, 6) is 1.29. The van der Waals surface area contributed by atoms with Crippen molar-refractivity contribution in [3.8, 4) is 40.0 Å². The van der Waals surface area contributed by atoms with Gasteiger partial charge in [-0.2, -0.15) is 9.61 Å². The van der Waals surface area contributed by atoms with Crippen molar-refractivity contribution in [3.05, 3.63) is 43.1 Å². The second kappa shape index (κ2) is 6.23. The molecule has 138 valence electrons. The van der Waals surface area contributed by atoms with Crippen molar-refractivity contribution in [3.63, 3.8) is 0 Å². The van der Waals surface area contributed by atoms with Crippen molar-refractivity contribution in [1.29, 1.82) is 0 Å². The van der Waals surface area contributed by atoms with Crippen molar-refractivity contribution >= 4 is 5.65 Å². The highest BCUT2D eigenvalue weighted by atomic mass is 16.5. The van der Waals surface area contributed by atoms with E-state index in [2.05, 4.69) is 30.4 Å². The molecule has 5 aromatic rings. The van der Waals surface area contributed by atoms with E-state index in [1.807, 2.05) is 18.2 Å². The zero-order valence-electron chi connectivity index (χ0n) is 14.9. The number of rotatable bonds is 4. The molecule has 5 rings (SSSR count). The summed E-state index contributed by atoms with van der Waals surface area (Å²) in [7, 11) is 3.34. The van der Waals surface area contributed by atoms with E-state index >= 15 is 0 Å². The number of methoxy groups -OCH3 is 1. The molecule has 0 aliphatic heterocycles. The Labute approximate surface area is 157 Å². The van der Waals surface area contributed by atoms with Crippen LogP contribution in [0.25, 0.3) is 39.9 Å². The molecule has 0 amide bonds. The van der Waals surface area contributed by atoms with Gasteiger partial charge >= 0.3 is 0 Å². The predicted octanol–water partition coefficient (Wildman–Crippen LogP) is 1.65. The number of aryl methyl sites for hydroxylation is 1. The molecule has 0 radical (unpaired) electrons. The lowest BCUT2D eigenvalue weighted by Gasteiger charge is -2.12. The van der Waals surface area contributed by atoms with Gasteiger partial charge in [-0.25, -0.2) is 4.98 Å². The first-order chi connectivity index (χ1) is 13.8. The van der Waals surface area contributed by atoms with Gasteiger partial charge in [0, 0.05) is 19.3 Å². The van der Waals surface area contributed by atoms with Gasteiger partial charge in [0.1, 0.15) is 18.3 Å². The Kier molecular flexibility index (Phi) is 3.57. The van der Waals surface area contributed by atoms with Crippen molar-refractivity contribution in [2.45, 2.75) is 0 Å². The predicted molar refractivity (Wildman–Crippen MR) is 96.1 cm³/mol. The first-order valence-electron chi connectivity index (χ1n) is 8.28. The highest BCUT2D eigenvalue weighted by Crippen LogP contribution is 2.38. The van der Waals surface area contributed by atoms with Crippen molar-refractivity contribution < 1.29 is 9.26 Å². The van der Waals surface area contributed by atoms with E-state index in [4.69, 9.17) is 14.4 Å². The van der Waals surface area contributed by atoms with E-state index in [0.29, 0.717) is 45.7 Å². The Morgan fingerprint density at radius 1 is 1.04 bits per heavy atom. The molecular weight excluding hydrogens is 362 g/mol. The Bertz CT molecular complexity index is 1260. The summed E-state index contributed by atoms with van der Waals surface area (Å²) in [6.45, 7) is 0. The van der Waals surface area contributed by atoms with Gasteiger partial charge in [-0.1, -0.05) is 11.2 Å². The van der Waals surface area contributed by atoms with Crippen LogP contribution in [0.2, 0.25) is 0 Å². The van der Waals surface area contributed by atoms with Crippen molar-refractivity contribution in [1.82, 2.24) is 44.7 Å². The van der Waals surface area contributed by atoms with E-state index in [9.17, 15) is 0 Å². The lowest BCUT2D eigenvalue weighted by atomic mass is 10.1. The summed E-state index contributed by atoms with van der Waals surface area (Å²) in [6.07, 6.45) is 4.75. The summed E-state index contributed by atoms with van der Waals surface area (Å²) >= 11 is 0. The number of pyridine rings is 1. The van der Waals surface area contributed by atoms with E-state index in [1.165, 1.54) is 10.8 Å². The number of hydrogen-bond acceptors (Lipinski definition) is 9. The fourth-order valence-corrected chi connectivity index (χ4v) is 2.92. The third-order valence-electron chi connectivity index (χ3n) is 4.11. The molecule has 0 bridgehead atoms. The molecule has 0 atom stereocenters. The van der Waals surface area contributed by atoms with Crippen molar-refractivity contribution in [2.75, 3.05) is 7.11 Å². The Balaban J connectivity index is 1.89. The summed E-state index contributed by atoms with van der Waals surface area (Å²) in [5, 5.41) is 21.5. The van der Waals surface area contributed by atoms with Gasteiger partial charge < -0.3 is 9.26 Å². The molecule has 0 unspecified atom stereocenters. The van der Waals surface area contributed by atoms with Crippen LogP contribution in [0.4, 0.5) is 0 Å². The molecule has 0 spiro atoms. The molecule has 0 aromatic carbocycles. The molecular formula is C17H13N9O2. The van der Waals surface area contributed by atoms with Gasteiger partial charge in [-0.15, -0.1) is 15.3 Å². The Morgan fingerprint density at radius 2 is 1.96 bits per heavy atom. The summed E-state index contributed by atoms with van der Waals surface area (Å²) in [5.41, 5.74) is 2.67. The molecule has 11 heteroatoms. The summed E-state index contributed by atoms with van der Waals surface area (Å²) < 4.78 is 13.8. The Hall–Kier alpha value is -4.15. The van der Waals surface area contributed by atoms with Gasteiger partial charge in [0.05, 0.1) is 18.4 Å². The quantitative estimate of drug-likeness (QED) is 0.461. The van der Waals surface area contributed by atoms with Crippen LogP contribution >= 0.6 is 0 Å². The Morgan fingerprint density at radius 3 is 2.64 bits per heavy atom. The van der Waals surface area contributed by atoms with Gasteiger partial charge in [-0.05, 0) is 12.1 Å². The molecule has 28 heavy (non-hydrogen) atoms. The lowest BCUT2D eigenvalue weighted by molar-refractivity contribution is 0.417. The van der Waals surface area contributed by atoms with Gasteiger partial charge in [0.15, 0.2) is 11.4 Å². The van der Waals surface area contributed by atoms with Crippen LogP contribution in [0, 0.1) is 0 Å². The normalized spacial score (nSPS) is 11.2. The number of ether oxygens (including phenoxy) is 1. The molecule has 0 saturated carbocycles. The van der Waals surface area contributed by atoms with Crippen LogP contribution in [-0.2, 0) is 7.05 Å². The van der Waals surface area contributed by atoms with Crippen molar-refractivity contribution in [2.24, 2.45) is 7.05 Å². The second-order valence-electron chi connectivity index (χ2n) is 5.86. The van der Waals surface area contributed by atoms with E-state index in [0.717, 1.165) is 0 Å². The summed E-state index contributed by atoms with van der Waals surface area (Å²) in [6, 6.07) is 7.25. The third kappa shape index (κ3) is 2.40. The second-order valence-corrected chi connectivity index (χ2v) is 5.86. The number of nitrogens with zero attached hydrogens (tertiary/aromatic N) is 9. The fourth-order valence-electron chi connectivity index (χ4n) is 2.92. The smallest absolute Gasteiger partial charge is 0.221 e. The van der Waals surface area contributed by atoms with Crippen LogP contribution in [0.3, 0.4) is 0 Å². The summed E-state index contributed by atoms with van der Waals surface area (Å²) in [4.78, 5) is 8.80. The fraction of sp³-hybridized carbons (Fsp3) is 0.118. The maximum Gasteiger partial charge on any atom is 0.221 e. The van der Waals surface area contributed by atoms with Gasteiger partial charge in [0.2, 0.25) is 17.3 Å². The van der Waals surface area contributed by atoms with E-state index in [-0.39, 0.29) is 0 Å². The molecule has 11 nitrogen and oxygen atoms in total. The molecule has 0 saturated heterocycles. The highest BCUT2D eigenvalue weighted by Gasteiger charge is 2.26. The minimum atomic E-state index is 0.409. The maximum absolute atomic E-state index is 5.70. The van der Waals surface area contributed by atoms with Gasteiger partial charge in [-0.3, -0.25) is 9.67 Å². The minimum Gasteiger partial charge on any atom is -0.492 e. The standard InChI is InChI=1S/C17H13N9O2/c1-25-9-19-15(23-25)13-12(10-5-3-4-7-18-10)14(27-2)17-21-20-16(26(17)22-13)11-6-8-28-24-11/h3-9H,1-2H3. The molecule has 5 heterocycles. The SMILES string of the molecule is COc1c(-c2ccccn2)c(-c2ncn(C)n2)nn2c(-c3ccon3)nnc12.